The van der Waals surface area contributed by atoms with Gasteiger partial charge < -0.3 is 4.74 Å². The monoisotopic (exact) mass is 280 g/mol. The molecule has 0 radical (unpaired) electrons. The molecule has 2 fully saturated rings. The van der Waals surface area contributed by atoms with Crippen molar-refractivity contribution in [1.82, 2.24) is 0 Å². The Labute approximate surface area is 126 Å². The average Bonchev–Trinajstić information content (AvgIpc) is 3.31. The molecule has 1 aliphatic carbocycles. The molecule has 108 valence electrons. The van der Waals surface area contributed by atoms with Gasteiger partial charge in [-0.25, -0.2) is 4.85 Å². The number of hydrogen-bond acceptors (Lipinski definition) is 2. The van der Waals surface area contributed by atoms with Gasteiger partial charge in [0, 0.05) is 0 Å². The van der Waals surface area contributed by atoms with E-state index in [1.54, 1.807) is 0 Å². The molecule has 0 N–H and O–H groups in total. The van der Waals surface area contributed by atoms with Crippen LogP contribution in [0.4, 0.5) is 5.69 Å². The molecule has 1 saturated carbocycles. The van der Waals surface area contributed by atoms with E-state index < -0.39 is 0 Å². The first-order valence-electron chi connectivity index (χ1n) is 7.75. The van der Waals surface area contributed by atoms with Crippen LogP contribution in [0.1, 0.15) is 54.7 Å². The highest BCUT2D eigenvalue weighted by atomic mass is 16.6. The van der Waals surface area contributed by atoms with Crippen LogP contribution in [0.2, 0.25) is 0 Å². The highest BCUT2D eigenvalue weighted by molar-refractivity contribution is 5.67. The maximum atomic E-state index is 9.29. The molecule has 21 heavy (non-hydrogen) atoms. The number of rotatable bonds is 3. The third-order valence-electron chi connectivity index (χ3n) is 4.93. The summed E-state index contributed by atoms with van der Waals surface area (Å²) in [5.74, 6) is 1.23. The van der Waals surface area contributed by atoms with E-state index >= 15 is 0 Å². The summed E-state index contributed by atoms with van der Waals surface area (Å²) in [6, 6.07) is 6.27. The Balaban J connectivity index is 1.76. The second-order valence-electron chi connectivity index (χ2n) is 6.33. The first-order chi connectivity index (χ1) is 10.2. The van der Waals surface area contributed by atoms with Crippen molar-refractivity contribution in [3.8, 4) is 6.07 Å². The maximum Gasteiger partial charge on any atom is 0.208 e. The Hall–Kier alpha value is -1.84. The zero-order valence-electron chi connectivity index (χ0n) is 12.4. The molecule has 1 aliphatic heterocycles. The van der Waals surface area contributed by atoms with Gasteiger partial charge in [0.25, 0.3) is 0 Å². The number of nitriles is 1. The Bertz CT molecular complexity index is 611. The van der Waals surface area contributed by atoms with E-state index in [1.807, 2.05) is 13.0 Å². The second kappa shape index (κ2) is 5.88. The molecule has 2 aliphatic rings. The van der Waals surface area contributed by atoms with Crippen LogP contribution in [0.3, 0.4) is 0 Å². The summed E-state index contributed by atoms with van der Waals surface area (Å²) in [6.07, 6.45) is 6.44. The van der Waals surface area contributed by atoms with Crippen LogP contribution in [-0.2, 0) is 4.74 Å². The van der Waals surface area contributed by atoms with Gasteiger partial charge in [0.2, 0.25) is 5.69 Å². The third-order valence-corrected chi connectivity index (χ3v) is 4.93. The molecule has 0 bridgehead atoms. The highest BCUT2D eigenvalue weighted by Crippen LogP contribution is 2.43. The van der Waals surface area contributed by atoms with Crippen LogP contribution in [0.25, 0.3) is 4.85 Å². The predicted octanol–water partition coefficient (Wildman–Crippen LogP) is 4.48. The van der Waals surface area contributed by atoms with Crippen molar-refractivity contribution in [3.05, 3.63) is 40.2 Å². The number of hydrogen-bond donors (Lipinski definition) is 0. The summed E-state index contributed by atoms with van der Waals surface area (Å²) in [5, 5.41) is 9.29. The normalized spacial score (nSPS) is 27.7. The maximum absolute atomic E-state index is 9.29. The topological polar surface area (TPSA) is 40.7 Å². The van der Waals surface area contributed by atoms with Crippen molar-refractivity contribution in [1.29, 1.82) is 5.26 Å². The summed E-state index contributed by atoms with van der Waals surface area (Å²) < 4.78 is 5.33. The van der Waals surface area contributed by atoms with Gasteiger partial charge in [-0.2, -0.15) is 5.26 Å². The molecule has 1 unspecified atom stereocenters. The third kappa shape index (κ3) is 2.94. The van der Waals surface area contributed by atoms with Crippen molar-refractivity contribution in [2.75, 3.05) is 6.61 Å². The zero-order chi connectivity index (χ0) is 14.8. The van der Waals surface area contributed by atoms with Gasteiger partial charge in [0.15, 0.2) is 0 Å². The second-order valence-corrected chi connectivity index (χ2v) is 6.33. The molecule has 1 atom stereocenters. The van der Waals surface area contributed by atoms with Crippen LogP contribution in [0.15, 0.2) is 12.1 Å². The molecular formula is C18H20N2O. The summed E-state index contributed by atoms with van der Waals surface area (Å²) in [6.45, 7) is 10.3. The summed E-state index contributed by atoms with van der Waals surface area (Å²) in [5.41, 5.74) is 3.16. The van der Waals surface area contributed by atoms with Gasteiger partial charge in [-0.3, -0.25) is 0 Å². The molecule has 0 aromatic heterocycles. The standard InChI is InChI=1S/C18H20N2O/c1-12-3-8-16(18(20-2)17(12)10-19)14-6-4-13(5-7-14)9-15-11-21-15/h3,8,13-15H,4-7,9,11H2,1H3. The van der Waals surface area contributed by atoms with E-state index in [0.29, 0.717) is 23.3 Å². The Morgan fingerprint density at radius 3 is 2.62 bits per heavy atom. The van der Waals surface area contributed by atoms with Crippen LogP contribution < -0.4 is 0 Å². The average molecular weight is 280 g/mol. The largest absolute Gasteiger partial charge is 0.373 e. The lowest BCUT2D eigenvalue weighted by molar-refractivity contribution is 0.276. The van der Waals surface area contributed by atoms with E-state index in [-0.39, 0.29) is 0 Å². The van der Waals surface area contributed by atoms with Gasteiger partial charge in [0.05, 0.1) is 30.9 Å². The number of nitrogens with zero attached hydrogens (tertiary/aromatic N) is 2. The number of epoxide rings is 1. The van der Waals surface area contributed by atoms with Gasteiger partial charge in [-0.1, -0.05) is 12.1 Å². The fraction of sp³-hybridized carbons (Fsp3) is 0.556. The van der Waals surface area contributed by atoms with E-state index in [1.165, 1.54) is 19.3 Å². The van der Waals surface area contributed by atoms with E-state index in [4.69, 9.17) is 11.3 Å². The Morgan fingerprint density at radius 2 is 2.05 bits per heavy atom. The Kier molecular flexibility index (Phi) is 3.95. The zero-order valence-corrected chi connectivity index (χ0v) is 12.4. The van der Waals surface area contributed by atoms with Gasteiger partial charge in [0.1, 0.15) is 0 Å². The van der Waals surface area contributed by atoms with Crippen molar-refractivity contribution < 1.29 is 4.74 Å². The van der Waals surface area contributed by atoms with Crippen LogP contribution >= 0.6 is 0 Å². The smallest absolute Gasteiger partial charge is 0.208 e. The summed E-state index contributed by atoms with van der Waals surface area (Å²) in [4.78, 5) is 3.66. The van der Waals surface area contributed by atoms with Crippen LogP contribution in [0, 0.1) is 30.7 Å². The molecule has 0 amide bonds. The lowest BCUT2D eigenvalue weighted by atomic mass is 9.76. The molecule has 3 nitrogen and oxygen atoms in total. The van der Waals surface area contributed by atoms with Gasteiger partial charge in [-0.05, 0) is 62.0 Å². The molecule has 1 heterocycles. The lowest BCUT2D eigenvalue weighted by Gasteiger charge is -2.29. The molecule has 3 heteroatoms. The minimum Gasteiger partial charge on any atom is -0.373 e. The van der Waals surface area contributed by atoms with Gasteiger partial charge in [-0.15, -0.1) is 0 Å². The lowest BCUT2D eigenvalue weighted by Crippen LogP contribution is -2.15. The summed E-state index contributed by atoms with van der Waals surface area (Å²) in [7, 11) is 0. The van der Waals surface area contributed by atoms with E-state index in [0.717, 1.165) is 36.5 Å². The quantitative estimate of drug-likeness (QED) is 0.605. The fourth-order valence-corrected chi connectivity index (χ4v) is 3.58. The molecule has 3 rings (SSSR count). The predicted molar refractivity (Wildman–Crippen MR) is 81.2 cm³/mol. The summed E-state index contributed by atoms with van der Waals surface area (Å²) >= 11 is 0. The molecule has 1 aromatic carbocycles. The number of aryl methyl sites for hydroxylation is 1. The number of ether oxygens (including phenoxy) is 1. The Morgan fingerprint density at radius 1 is 1.33 bits per heavy atom. The SMILES string of the molecule is [C-]#[N+]c1c(C2CCC(CC3CO3)CC2)ccc(C)c1C#N. The van der Waals surface area contributed by atoms with Crippen LogP contribution in [-0.4, -0.2) is 12.7 Å². The molecule has 0 spiro atoms. The van der Waals surface area contributed by atoms with E-state index in [9.17, 15) is 5.26 Å². The highest BCUT2D eigenvalue weighted by Gasteiger charge is 2.30. The van der Waals surface area contributed by atoms with Crippen LogP contribution in [0.5, 0.6) is 0 Å². The minimum absolute atomic E-state index is 0.443. The molecule has 1 saturated heterocycles. The van der Waals surface area contributed by atoms with Crippen molar-refractivity contribution >= 4 is 5.69 Å². The molecule has 1 aromatic rings. The van der Waals surface area contributed by atoms with Crippen molar-refractivity contribution in [2.45, 2.75) is 51.0 Å². The fourth-order valence-electron chi connectivity index (χ4n) is 3.58. The van der Waals surface area contributed by atoms with E-state index in [2.05, 4.69) is 17.0 Å². The first-order valence-corrected chi connectivity index (χ1v) is 7.75. The molecular weight excluding hydrogens is 260 g/mol. The first kappa shape index (κ1) is 14.1. The van der Waals surface area contributed by atoms with Crippen molar-refractivity contribution in [3.63, 3.8) is 0 Å². The number of benzene rings is 1. The minimum atomic E-state index is 0.443. The van der Waals surface area contributed by atoms with Gasteiger partial charge >= 0.3 is 0 Å². The van der Waals surface area contributed by atoms with Crippen molar-refractivity contribution in [2.24, 2.45) is 5.92 Å².